The van der Waals surface area contributed by atoms with Gasteiger partial charge >= 0.3 is 6.36 Å². The number of sulfone groups is 1. The van der Waals surface area contributed by atoms with Gasteiger partial charge in [0.2, 0.25) is 0 Å². The fourth-order valence-electron chi connectivity index (χ4n) is 5.02. The van der Waals surface area contributed by atoms with E-state index in [2.05, 4.69) is 16.6 Å². The summed E-state index contributed by atoms with van der Waals surface area (Å²) in [6.45, 7) is 6.11. The molecule has 0 radical (unpaired) electrons. The number of carbonyl (C=O) groups is 1. The van der Waals surface area contributed by atoms with E-state index in [1.54, 1.807) is 5.48 Å². The summed E-state index contributed by atoms with van der Waals surface area (Å²) in [5.74, 6) is -1.15. The second-order valence-electron chi connectivity index (χ2n) is 9.40. The number of piperidine rings is 1. The minimum absolute atomic E-state index is 0.0852. The van der Waals surface area contributed by atoms with Gasteiger partial charge < -0.3 is 14.8 Å². The largest absolute Gasteiger partial charge is 0.572 e. The van der Waals surface area contributed by atoms with Crippen LogP contribution in [0.1, 0.15) is 39.0 Å². The van der Waals surface area contributed by atoms with Crippen LogP contribution < -0.4 is 15.5 Å². The average Bonchev–Trinajstić information content (AvgIpc) is 3.23. The Bertz CT molecular complexity index is 1170. The summed E-state index contributed by atoms with van der Waals surface area (Å²) >= 11 is 0. The van der Waals surface area contributed by atoms with E-state index in [1.807, 2.05) is 0 Å². The molecule has 1 aliphatic carbocycles. The lowest BCUT2D eigenvalue weighted by Gasteiger charge is -2.36. The Morgan fingerprint density at radius 3 is 2.54 bits per heavy atom. The first-order chi connectivity index (χ1) is 17.4. The number of ether oxygens (including phenoxy) is 2. The van der Waals surface area contributed by atoms with Crippen molar-refractivity contribution in [2.45, 2.75) is 55.0 Å². The molecule has 2 aliphatic rings. The van der Waals surface area contributed by atoms with Crippen molar-refractivity contribution in [3.63, 3.8) is 0 Å². The Hall–Kier alpha value is -2.83. The highest BCUT2D eigenvalue weighted by Crippen LogP contribution is 2.54. The maximum atomic E-state index is 13.8. The Morgan fingerprint density at radius 2 is 1.92 bits per heavy atom. The van der Waals surface area contributed by atoms with Gasteiger partial charge in [-0.25, -0.2) is 13.9 Å². The van der Waals surface area contributed by atoms with Crippen molar-refractivity contribution < 1.29 is 41.1 Å². The number of hydroxylamine groups is 1. The minimum atomic E-state index is -4.80. The molecule has 1 saturated carbocycles. The van der Waals surface area contributed by atoms with Crippen molar-refractivity contribution >= 4 is 15.7 Å². The Balaban J connectivity index is 1.82. The highest BCUT2D eigenvalue weighted by Gasteiger charge is 2.60. The summed E-state index contributed by atoms with van der Waals surface area (Å²) in [5.41, 5.74) is 1.69. The van der Waals surface area contributed by atoms with Crippen LogP contribution in [0.5, 0.6) is 5.75 Å². The molecule has 2 fully saturated rings. The number of hydrogen-bond donors (Lipinski definition) is 3. The summed E-state index contributed by atoms with van der Waals surface area (Å²) in [4.78, 5) is 12.7. The number of rotatable bonds is 9. The molecule has 1 amide bonds. The van der Waals surface area contributed by atoms with E-state index in [0.717, 1.165) is 38.9 Å². The van der Waals surface area contributed by atoms with Gasteiger partial charge in [0.05, 0.1) is 4.90 Å². The van der Waals surface area contributed by atoms with E-state index >= 15 is 0 Å². The van der Waals surface area contributed by atoms with Crippen LogP contribution >= 0.6 is 0 Å². The predicted molar refractivity (Wildman–Crippen MR) is 129 cm³/mol. The summed E-state index contributed by atoms with van der Waals surface area (Å²) in [7, 11) is -4.23. The van der Waals surface area contributed by atoms with Crippen LogP contribution in [-0.2, 0) is 19.4 Å². The van der Waals surface area contributed by atoms with E-state index in [4.69, 9.17) is 4.74 Å². The van der Waals surface area contributed by atoms with Crippen molar-refractivity contribution in [3.8, 4) is 5.75 Å². The SMILES string of the molecule is C=C/C(=C\C=C(/C)OC(F)(F)F)COc1cccc(S(=O)(=O)C2(C(=O)NO)CCC3(CCNCC3)C2)c1. The number of nitrogens with one attached hydrogen (secondary N) is 2. The molecule has 1 saturated heterocycles. The van der Waals surface area contributed by atoms with Crippen molar-refractivity contribution in [3.05, 3.63) is 60.4 Å². The first-order valence-electron chi connectivity index (χ1n) is 11.7. The molecule has 1 heterocycles. The Labute approximate surface area is 214 Å². The molecule has 1 atom stereocenters. The molecule has 0 aromatic heterocycles. The molecule has 1 spiro atoms. The molecule has 1 aromatic rings. The fraction of sp³-hybridized carbons (Fsp3) is 0.480. The lowest BCUT2D eigenvalue weighted by atomic mass is 9.77. The normalized spacial score (nSPS) is 22.5. The topological polar surface area (TPSA) is 114 Å². The zero-order chi connectivity index (χ0) is 27.3. The minimum Gasteiger partial charge on any atom is -0.489 e. The van der Waals surface area contributed by atoms with Crippen LogP contribution in [0.2, 0.25) is 0 Å². The zero-order valence-corrected chi connectivity index (χ0v) is 21.3. The number of amides is 1. The molecule has 1 unspecified atom stereocenters. The van der Waals surface area contributed by atoms with E-state index in [0.29, 0.717) is 12.0 Å². The molecule has 37 heavy (non-hydrogen) atoms. The monoisotopic (exact) mass is 544 g/mol. The van der Waals surface area contributed by atoms with Crippen molar-refractivity contribution in [2.24, 2.45) is 5.41 Å². The maximum absolute atomic E-state index is 13.8. The summed E-state index contributed by atoms with van der Waals surface area (Å²) in [6.07, 6.45) is 1.26. The predicted octanol–water partition coefficient (Wildman–Crippen LogP) is 4.19. The molecule has 3 rings (SSSR count). The van der Waals surface area contributed by atoms with Crippen LogP contribution in [0.3, 0.4) is 0 Å². The quantitative estimate of drug-likeness (QED) is 0.185. The summed E-state index contributed by atoms with van der Waals surface area (Å²) < 4.78 is 72.3. The number of allylic oxidation sites excluding steroid dienone is 3. The lowest BCUT2D eigenvalue weighted by molar-refractivity contribution is -0.305. The molecular formula is C25H31F3N2O6S. The van der Waals surface area contributed by atoms with Crippen LogP contribution in [0.25, 0.3) is 0 Å². The van der Waals surface area contributed by atoms with E-state index in [1.165, 1.54) is 36.4 Å². The van der Waals surface area contributed by atoms with Crippen molar-refractivity contribution in [1.82, 2.24) is 10.8 Å². The van der Waals surface area contributed by atoms with Gasteiger partial charge in [-0.15, -0.1) is 13.2 Å². The molecule has 0 bridgehead atoms. The molecular weight excluding hydrogens is 513 g/mol. The van der Waals surface area contributed by atoms with E-state index in [-0.39, 0.29) is 41.3 Å². The lowest BCUT2D eigenvalue weighted by Crippen LogP contribution is -2.51. The molecule has 8 nitrogen and oxygen atoms in total. The van der Waals surface area contributed by atoms with E-state index in [9.17, 15) is 31.6 Å². The van der Waals surface area contributed by atoms with Crippen LogP contribution in [0.15, 0.2) is 65.3 Å². The number of halogens is 3. The standard InChI is InChI=1S/C25H31F3N2O6S/c1-3-19(8-7-18(2)36-25(26,27)28)16-35-20-5-4-6-21(15-20)37(33,34)24(22(31)30-32)10-9-23(17-24)11-13-29-14-12-23/h3-8,15,29,32H,1,9-14,16-17H2,2H3,(H,30,31)/b18-7+,19-8+. The zero-order valence-electron chi connectivity index (χ0n) is 20.4. The maximum Gasteiger partial charge on any atom is 0.572 e. The van der Waals surface area contributed by atoms with Gasteiger partial charge in [0.25, 0.3) is 5.91 Å². The number of hydrogen-bond acceptors (Lipinski definition) is 7. The highest BCUT2D eigenvalue weighted by atomic mass is 32.2. The third-order valence-corrected chi connectivity index (χ3v) is 9.44. The summed E-state index contributed by atoms with van der Waals surface area (Å²) in [5, 5.41) is 12.7. The van der Waals surface area contributed by atoms with Crippen LogP contribution in [0.4, 0.5) is 13.2 Å². The Morgan fingerprint density at radius 1 is 1.22 bits per heavy atom. The molecule has 1 aromatic carbocycles. The van der Waals surface area contributed by atoms with Gasteiger partial charge in [0, 0.05) is 0 Å². The smallest absolute Gasteiger partial charge is 0.489 e. The third kappa shape index (κ3) is 6.55. The van der Waals surface area contributed by atoms with Crippen molar-refractivity contribution in [2.75, 3.05) is 19.7 Å². The van der Waals surface area contributed by atoms with E-state index < -0.39 is 26.9 Å². The van der Waals surface area contributed by atoms with Gasteiger partial charge in [-0.2, -0.15) is 0 Å². The molecule has 3 N–H and O–H groups in total. The Kier molecular flexibility index (Phi) is 8.76. The first kappa shape index (κ1) is 28.7. The van der Waals surface area contributed by atoms with Crippen LogP contribution in [0, 0.1) is 5.41 Å². The number of alkyl halides is 3. The first-order valence-corrected chi connectivity index (χ1v) is 13.2. The van der Waals surface area contributed by atoms with Crippen molar-refractivity contribution in [1.29, 1.82) is 0 Å². The van der Waals surface area contributed by atoms with Gasteiger partial charge in [0.1, 0.15) is 18.1 Å². The molecule has 204 valence electrons. The number of carbonyl (C=O) groups excluding carboxylic acids is 1. The number of benzene rings is 1. The van der Waals surface area contributed by atoms with Gasteiger partial charge in [-0.3, -0.25) is 10.0 Å². The summed E-state index contributed by atoms with van der Waals surface area (Å²) in [6, 6.07) is 5.66. The van der Waals surface area contributed by atoms with Crippen LogP contribution in [-0.4, -0.2) is 50.3 Å². The highest BCUT2D eigenvalue weighted by molar-refractivity contribution is 7.93. The fourth-order valence-corrected chi connectivity index (χ4v) is 7.16. The second kappa shape index (κ2) is 11.3. The molecule has 1 aliphatic heterocycles. The molecule has 12 heteroatoms. The van der Waals surface area contributed by atoms with Gasteiger partial charge in [-0.1, -0.05) is 24.8 Å². The van der Waals surface area contributed by atoms with Gasteiger partial charge in [-0.05, 0) is 87.4 Å². The third-order valence-electron chi connectivity index (χ3n) is 7.01. The van der Waals surface area contributed by atoms with Gasteiger partial charge in [0.15, 0.2) is 14.6 Å². The second-order valence-corrected chi connectivity index (χ2v) is 11.7. The average molecular weight is 545 g/mol.